The largest absolute Gasteiger partial charge is 0.385 e. The molecule has 0 atom stereocenters. The van der Waals surface area contributed by atoms with Gasteiger partial charge in [0.1, 0.15) is 5.69 Å². The highest BCUT2D eigenvalue weighted by Crippen LogP contribution is 2.43. The maximum absolute atomic E-state index is 12.0. The van der Waals surface area contributed by atoms with Crippen molar-refractivity contribution in [3.8, 4) is 0 Å². The number of fused-ring (bicyclic) bond motifs is 1. The van der Waals surface area contributed by atoms with E-state index in [1.165, 1.54) is 12.0 Å². The van der Waals surface area contributed by atoms with Crippen LogP contribution in [0.25, 0.3) is 16.7 Å². The van der Waals surface area contributed by atoms with Gasteiger partial charge in [0.25, 0.3) is 0 Å². The molecule has 8 heteroatoms. The molecule has 0 bridgehead atoms. The number of rotatable bonds is 8. The summed E-state index contributed by atoms with van der Waals surface area (Å²) in [6.07, 6.45) is 12.5. The van der Waals surface area contributed by atoms with Gasteiger partial charge in [0.15, 0.2) is 11.9 Å². The van der Waals surface area contributed by atoms with Crippen molar-refractivity contribution in [2.75, 3.05) is 58.0 Å². The van der Waals surface area contributed by atoms with Gasteiger partial charge in [-0.3, -0.25) is 9.69 Å². The molecule has 0 spiro atoms. The molecule has 2 aromatic rings. The maximum Gasteiger partial charge on any atom is 0.168 e. The summed E-state index contributed by atoms with van der Waals surface area (Å²) in [5.41, 5.74) is 5.55. The second-order valence-electron chi connectivity index (χ2n) is 10.8. The lowest BCUT2D eigenvalue weighted by atomic mass is 9.82. The van der Waals surface area contributed by atoms with Crippen LogP contribution in [0.1, 0.15) is 75.0 Å². The first kappa shape index (κ1) is 29.2. The van der Waals surface area contributed by atoms with E-state index < -0.39 is 0 Å². The molecular weight excluding hydrogens is 490 g/mol. The first-order chi connectivity index (χ1) is 19.0. The normalized spacial score (nSPS) is 19.3. The Morgan fingerprint density at radius 3 is 2.38 bits per heavy atom. The molecule has 8 nitrogen and oxygen atoms in total. The van der Waals surface area contributed by atoms with Crippen LogP contribution in [0.4, 0.5) is 5.69 Å². The molecule has 2 aliphatic heterocycles. The van der Waals surface area contributed by atoms with Crippen molar-refractivity contribution in [2.45, 2.75) is 64.8 Å². The molecule has 0 amide bonds. The summed E-state index contributed by atoms with van der Waals surface area (Å²) in [5, 5.41) is 6.24. The van der Waals surface area contributed by atoms with Crippen molar-refractivity contribution in [3.05, 3.63) is 47.8 Å². The topological polar surface area (TPSA) is 72.7 Å². The molecule has 0 radical (unpaired) electrons. The molecule has 2 aromatic heterocycles. The van der Waals surface area contributed by atoms with Crippen LogP contribution in [-0.4, -0.2) is 85.1 Å². The molecule has 0 N–H and O–H groups in total. The second kappa shape index (κ2) is 14.0. The van der Waals surface area contributed by atoms with Crippen molar-refractivity contribution in [3.63, 3.8) is 0 Å². The van der Waals surface area contributed by atoms with Crippen LogP contribution in [0.5, 0.6) is 0 Å². The summed E-state index contributed by atoms with van der Waals surface area (Å²) in [6, 6.07) is 2.59. The number of morpholine rings is 1. The van der Waals surface area contributed by atoms with Crippen LogP contribution < -0.4 is 4.90 Å². The van der Waals surface area contributed by atoms with Crippen molar-refractivity contribution in [2.24, 2.45) is 0 Å². The van der Waals surface area contributed by atoms with E-state index in [1.54, 1.807) is 13.2 Å². The van der Waals surface area contributed by atoms with E-state index in [9.17, 15) is 4.79 Å². The van der Waals surface area contributed by atoms with E-state index in [2.05, 4.69) is 41.0 Å². The molecule has 0 aromatic carbocycles. The van der Waals surface area contributed by atoms with Crippen LogP contribution in [0.2, 0.25) is 0 Å². The van der Waals surface area contributed by atoms with Crippen molar-refractivity contribution < 1.29 is 14.3 Å². The Labute approximate surface area is 233 Å². The van der Waals surface area contributed by atoms with Gasteiger partial charge in [0.2, 0.25) is 0 Å². The van der Waals surface area contributed by atoms with Crippen molar-refractivity contribution in [1.82, 2.24) is 19.7 Å². The number of aldehydes is 1. The standard InChI is InChI=1S/C28H37N5O2.C3H8O/c1-4-6-24(17-20(2)3)33-28-26(27(30-33)21-7-5-8-21)25(18-22(19-34)29-28)32-11-9-23(10-12-32)31-13-15-35-16-14-31;1-3-4-2/h4,6,17-19,21,23H,1,5,7-16H2,2-3H3;3H2,1-2H3/b24-6+;. The molecule has 1 saturated carbocycles. The minimum absolute atomic E-state index is 0.448. The lowest BCUT2D eigenvalue weighted by Crippen LogP contribution is -2.49. The van der Waals surface area contributed by atoms with Gasteiger partial charge in [-0.05, 0) is 64.7 Å². The molecule has 1 aliphatic carbocycles. The number of nitrogens with zero attached hydrogens (tertiary/aromatic N) is 5. The quantitative estimate of drug-likeness (QED) is 0.328. The SMILES string of the molecule is C=C/C=C(\C=C(C)C)n1nc(C2CCC2)c2c(N3CCC(N4CCOCC4)CC3)cc(C=O)nc21.CCOC. The lowest BCUT2D eigenvalue weighted by Gasteiger charge is -2.41. The minimum Gasteiger partial charge on any atom is -0.385 e. The van der Waals surface area contributed by atoms with Gasteiger partial charge in [-0.25, -0.2) is 9.67 Å². The second-order valence-corrected chi connectivity index (χ2v) is 10.8. The zero-order chi connectivity index (χ0) is 27.8. The van der Waals surface area contributed by atoms with Gasteiger partial charge in [0.05, 0.1) is 35.7 Å². The van der Waals surface area contributed by atoms with Crippen LogP contribution in [0.3, 0.4) is 0 Å². The Morgan fingerprint density at radius 1 is 1.15 bits per heavy atom. The van der Waals surface area contributed by atoms with E-state index >= 15 is 0 Å². The maximum atomic E-state index is 12.0. The van der Waals surface area contributed by atoms with Gasteiger partial charge in [-0.1, -0.05) is 24.6 Å². The number of anilines is 1. The molecule has 212 valence electrons. The first-order valence-corrected chi connectivity index (χ1v) is 14.4. The summed E-state index contributed by atoms with van der Waals surface area (Å²) < 4.78 is 12.0. The zero-order valence-electron chi connectivity index (χ0n) is 24.2. The number of hydrogen-bond acceptors (Lipinski definition) is 7. The number of allylic oxidation sites excluding steroid dienone is 5. The summed E-state index contributed by atoms with van der Waals surface area (Å²) in [4.78, 5) is 21.8. The number of carbonyl (C=O) groups excluding carboxylic acids is 1. The molecule has 0 unspecified atom stereocenters. The minimum atomic E-state index is 0.448. The first-order valence-electron chi connectivity index (χ1n) is 14.4. The zero-order valence-corrected chi connectivity index (χ0v) is 24.2. The summed E-state index contributed by atoms with van der Waals surface area (Å²) in [5.74, 6) is 0.448. The van der Waals surface area contributed by atoms with Crippen LogP contribution in [0, 0.1) is 0 Å². The third-order valence-electron chi connectivity index (χ3n) is 7.90. The average Bonchev–Trinajstić information content (AvgIpc) is 3.30. The summed E-state index contributed by atoms with van der Waals surface area (Å²) in [7, 11) is 1.68. The Balaban J connectivity index is 0.000000826. The van der Waals surface area contributed by atoms with E-state index in [4.69, 9.17) is 14.8 Å². The van der Waals surface area contributed by atoms with E-state index in [0.29, 0.717) is 17.7 Å². The highest BCUT2D eigenvalue weighted by molar-refractivity contribution is 5.97. The number of methoxy groups -OCH3 is 1. The Bertz CT molecular complexity index is 1180. The molecule has 3 aliphatic rings. The fourth-order valence-corrected chi connectivity index (χ4v) is 5.61. The number of piperidine rings is 1. The average molecular weight is 536 g/mol. The number of aromatic nitrogens is 3. The predicted octanol–water partition coefficient (Wildman–Crippen LogP) is 5.46. The summed E-state index contributed by atoms with van der Waals surface area (Å²) >= 11 is 0. The number of carbonyl (C=O) groups is 1. The van der Waals surface area contributed by atoms with Crippen molar-refractivity contribution >= 4 is 28.7 Å². The Morgan fingerprint density at radius 2 is 1.85 bits per heavy atom. The van der Waals surface area contributed by atoms with Gasteiger partial charge >= 0.3 is 0 Å². The predicted molar refractivity (Wildman–Crippen MR) is 159 cm³/mol. The molecule has 4 heterocycles. The molecule has 5 rings (SSSR count). The highest BCUT2D eigenvalue weighted by Gasteiger charge is 2.32. The molecule has 2 saturated heterocycles. The van der Waals surface area contributed by atoms with Gasteiger partial charge in [0, 0.05) is 51.9 Å². The van der Waals surface area contributed by atoms with Crippen molar-refractivity contribution in [1.29, 1.82) is 0 Å². The van der Waals surface area contributed by atoms with E-state index in [1.807, 2.05) is 23.7 Å². The Kier molecular flexibility index (Phi) is 10.5. The molecular formula is C31H45N5O3. The van der Waals surface area contributed by atoms with E-state index in [-0.39, 0.29) is 0 Å². The van der Waals surface area contributed by atoms with Gasteiger partial charge < -0.3 is 14.4 Å². The third kappa shape index (κ3) is 6.86. The lowest BCUT2D eigenvalue weighted by molar-refractivity contribution is 0.0115. The van der Waals surface area contributed by atoms with Crippen LogP contribution >= 0.6 is 0 Å². The monoisotopic (exact) mass is 535 g/mol. The molecule has 3 fully saturated rings. The molecule has 39 heavy (non-hydrogen) atoms. The Hall–Kier alpha value is -2.81. The summed E-state index contributed by atoms with van der Waals surface area (Å²) in [6.45, 7) is 16.5. The third-order valence-corrected chi connectivity index (χ3v) is 7.90. The number of ether oxygens (including phenoxy) is 2. The number of pyridine rings is 1. The van der Waals surface area contributed by atoms with Crippen LogP contribution in [-0.2, 0) is 9.47 Å². The van der Waals surface area contributed by atoms with Crippen LogP contribution in [0.15, 0.2) is 36.4 Å². The smallest absolute Gasteiger partial charge is 0.168 e. The van der Waals surface area contributed by atoms with E-state index in [0.717, 1.165) is 106 Å². The fourth-order valence-electron chi connectivity index (χ4n) is 5.61. The fraction of sp³-hybridized carbons (Fsp3) is 0.581. The van der Waals surface area contributed by atoms with Gasteiger partial charge in [-0.2, -0.15) is 5.10 Å². The number of hydrogen-bond donors (Lipinski definition) is 0. The van der Waals surface area contributed by atoms with Gasteiger partial charge in [-0.15, -0.1) is 0 Å². The highest BCUT2D eigenvalue weighted by atomic mass is 16.5.